The number of aromatic amines is 1. The van der Waals surface area contributed by atoms with Gasteiger partial charge in [-0.1, -0.05) is 12.1 Å². The predicted octanol–water partition coefficient (Wildman–Crippen LogP) is 3.83. The fourth-order valence-electron chi connectivity index (χ4n) is 2.57. The minimum atomic E-state index is -0.264. The van der Waals surface area contributed by atoms with Crippen molar-refractivity contribution in [1.82, 2.24) is 20.2 Å². The van der Waals surface area contributed by atoms with E-state index in [-0.39, 0.29) is 5.82 Å². The van der Waals surface area contributed by atoms with Gasteiger partial charge in [0.1, 0.15) is 11.3 Å². The van der Waals surface area contributed by atoms with Crippen LogP contribution in [-0.4, -0.2) is 20.2 Å². The molecule has 0 fully saturated rings. The average molecular weight is 290 g/mol. The average Bonchev–Trinajstić information content (AvgIpc) is 2.96. The molecule has 0 unspecified atom stereocenters. The Bertz CT molecular complexity index is 930. The second-order valence-corrected chi connectivity index (χ2v) is 4.91. The van der Waals surface area contributed by atoms with Crippen molar-refractivity contribution in [3.05, 3.63) is 66.9 Å². The minimum absolute atomic E-state index is 0.264. The summed E-state index contributed by atoms with van der Waals surface area (Å²) in [5, 5.41) is 8.20. The quantitative estimate of drug-likeness (QED) is 0.610. The summed E-state index contributed by atoms with van der Waals surface area (Å²) in [6.07, 6.45) is 5.12. The molecule has 106 valence electrons. The van der Waals surface area contributed by atoms with Crippen molar-refractivity contribution in [2.45, 2.75) is 0 Å². The Balaban J connectivity index is 2.04. The first-order valence-electron chi connectivity index (χ1n) is 6.82. The van der Waals surface area contributed by atoms with E-state index in [4.69, 9.17) is 0 Å². The highest BCUT2D eigenvalue weighted by molar-refractivity contribution is 6.01. The summed E-state index contributed by atoms with van der Waals surface area (Å²) >= 11 is 0. The van der Waals surface area contributed by atoms with E-state index in [0.29, 0.717) is 0 Å². The van der Waals surface area contributed by atoms with Gasteiger partial charge in [0.25, 0.3) is 0 Å². The summed E-state index contributed by atoms with van der Waals surface area (Å²) in [5.41, 5.74) is 5.37. The third-order valence-electron chi connectivity index (χ3n) is 3.57. The highest BCUT2D eigenvalue weighted by Crippen LogP contribution is 2.36. The van der Waals surface area contributed by atoms with Gasteiger partial charge in [0.2, 0.25) is 0 Å². The molecule has 22 heavy (non-hydrogen) atoms. The third-order valence-corrected chi connectivity index (χ3v) is 3.57. The molecule has 1 aromatic carbocycles. The van der Waals surface area contributed by atoms with Crippen molar-refractivity contribution < 1.29 is 4.39 Å². The van der Waals surface area contributed by atoms with Crippen LogP contribution in [0.5, 0.6) is 0 Å². The summed E-state index contributed by atoms with van der Waals surface area (Å²) in [4.78, 5) is 7.42. The molecule has 0 radical (unpaired) electrons. The minimum Gasteiger partial charge on any atom is -0.353 e. The maximum Gasteiger partial charge on any atom is 0.123 e. The van der Waals surface area contributed by atoms with Crippen molar-refractivity contribution in [1.29, 1.82) is 0 Å². The third kappa shape index (κ3) is 2.03. The molecule has 0 amide bonds. The van der Waals surface area contributed by atoms with Gasteiger partial charge in [0.15, 0.2) is 0 Å². The molecule has 0 bridgehead atoms. The molecule has 0 spiro atoms. The molecule has 0 aliphatic heterocycles. The molecule has 0 saturated carbocycles. The lowest BCUT2D eigenvalue weighted by molar-refractivity contribution is 0.628. The molecule has 0 aliphatic rings. The maximum atomic E-state index is 13.2. The Morgan fingerprint density at radius 1 is 0.818 bits per heavy atom. The molecule has 0 saturated heterocycles. The van der Waals surface area contributed by atoms with Gasteiger partial charge in [-0.05, 0) is 35.9 Å². The number of nitrogens with zero attached hydrogens (tertiary/aromatic N) is 3. The number of fused-ring (bicyclic) bond motifs is 1. The number of hydrogen-bond acceptors (Lipinski definition) is 3. The molecule has 5 heteroatoms. The highest BCUT2D eigenvalue weighted by atomic mass is 19.1. The Kier molecular flexibility index (Phi) is 2.89. The van der Waals surface area contributed by atoms with Gasteiger partial charge in [-0.25, -0.2) is 4.39 Å². The Morgan fingerprint density at radius 2 is 1.59 bits per heavy atom. The summed E-state index contributed by atoms with van der Waals surface area (Å²) < 4.78 is 13.2. The molecule has 4 nitrogen and oxygen atoms in total. The topological polar surface area (TPSA) is 54.5 Å². The van der Waals surface area contributed by atoms with E-state index < -0.39 is 0 Å². The first-order valence-corrected chi connectivity index (χ1v) is 6.82. The zero-order valence-electron chi connectivity index (χ0n) is 11.5. The number of halogens is 1. The SMILES string of the molecule is Fc1ccc(-c2c(-c3ccncc3)[nH]c3ccnnc23)cc1. The van der Waals surface area contributed by atoms with Crippen LogP contribution >= 0.6 is 0 Å². The first-order chi connectivity index (χ1) is 10.8. The van der Waals surface area contributed by atoms with Gasteiger partial charge in [-0.3, -0.25) is 4.98 Å². The molecular weight excluding hydrogens is 279 g/mol. The Hall–Kier alpha value is -3.08. The van der Waals surface area contributed by atoms with Crippen molar-refractivity contribution in [3.8, 4) is 22.4 Å². The lowest BCUT2D eigenvalue weighted by atomic mass is 10.0. The normalized spacial score (nSPS) is 11.0. The predicted molar refractivity (Wildman–Crippen MR) is 82.5 cm³/mol. The fourth-order valence-corrected chi connectivity index (χ4v) is 2.57. The van der Waals surface area contributed by atoms with Crippen LogP contribution in [0.3, 0.4) is 0 Å². The molecule has 4 aromatic rings. The summed E-state index contributed by atoms with van der Waals surface area (Å²) in [6.45, 7) is 0. The van der Waals surface area contributed by atoms with E-state index in [1.54, 1.807) is 30.7 Å². The van der Waals surface area contributed by atoms with Gasteiger partial charge >= 0.3 is 0 Å². The Morgan fingerprint density at radius 3 is 2.36 bits per heavy atom. The second kappa shape index (κ2) is 5.04. The van der Waals surface area contributed by atoms with Crippen LogP contribution in [0, 0.1) is 5.82 Å². The van der Waals surface area contributed by atoms with E-state index in [0.717, 1.165) is 33.4 Å². The van der Waals surface area contributed by atoms with Gasteiger partial charge < -0.3 is 4.98 Å². The number of aromatic nitrogens is 4. The maximum absolute atomic E-state index is 13.2. The highest BCUT2D eigenvalue weighted by Gasteiger charge is 2.16. The lowest BCUT2D eigenvalue weighted by Gasteiger charge is -2.04. The molecular formula is C17H11FN4. The summed E-state index contributed by atoms with van der Waals surface area (Å²) in [7, 11) is 0. The van der Waals surface area contributed by atoms with E-state index in [2.05, 4.69) is 20.2 Å². The molecule has 3 aromatic heterocycles. The Labute approximate surface area is 125 Å². The zero-order valence-corrected chi connectivity index (χ0v) is 11.5. The van der Waals surface area contributed by atoms with Crippen LogP contribution in [0.2, 0.25) is 0 Å². The van der Waals surface area contributed by atoms with Crippen LogP contribution in [0.15, 0.2) is 61.1 Å². The van der Waals surface area contributed by atoms with Crippen molar-refractivity contribution in [2.75, 3.05) is 0 Å². The number of nitrogens with one attached hydrogen (secondary N) is 1. The fraction of sp³-hybridized carbons (Fsp3) is 0. The number of benzene rings is 1. The van der Waals surface area contributed by atoms with Gasteiger partial charge in [0, 0.05) is 23.5 Å². The van der Waals surface area contributed by atoms with Crippen molar-refractivity contribution in [3.63, 3.8) is 0 Å². The van der Waals surface area contributed by atoms with Gasteiger partial charge in [-0.15, -0.1) is 5.10 Å². The smallest absolute Gasteiger partial charge is 0.123 e. The molecule has 3 heterocycles. The van der Waals surface area contributed by atoms with Crippen molar-refractivity contribution >= 4 is 11.0 Å². The van der Waals surface area contributed by atoms with Crippen LogP contribution in [0.25, 0.3) is 33.4 Å². The monoisotopic (exact) mass is 290 g/mol. The number of H-pyrrole nitrogens is 1. The van der Waals surface area contributed by atoms with E-state index >= 15 is 0 Å². The first kappa shape index (κ1) is 12.6. The van der Waals surface area contributed by atoms with E-state index in [1.807, 2.05) is 18.2 Å². The van der Waals surface area contributed by atoms with Crippen LogP contribution in [-0.2, 0) is 0 Å². The standard InChI is InChI=1S/C17H11FN4/c18-13-3-1-11(2-4-13)15-16(12-5-8-19-9-6-12)21-14-7-10-20-22-17(14)15/h1-10,21H. The van der Waals surface area contributed by atoms with Crippen LogP contribution < -0.4 is 0 Å². The van der Waals surface area contributed by atoms with Gasteiger partial charge in [-0.2, -0.15) is 5.10 Å². The second-order valence-electron chi connectivity index (χ2n) is 4.91. The molecule has 0 atom stereocenters. The molecule has 4 rings (SSSR count). The number of rotatable bonds is 2. The number of pyridine rings is 1. The van der Waals surface area contributed by atoms with Crippen LogP contribution in [0.1, 0.15) is 0 Å². The molecule has 0 aliphatic carbocycles. The summed E-state index contributed by atoms with van der Waals surface area (Å²) in [5.74, 6) is -0.264. The van der Waals surface area contributed by atoms with Gasteiger partial charge in [0.05, 0.1) is 17.4 Å². The lowest BCUT2D eigenvalue weighted by Crippen LogP contribution is -1.85. The number of hydrogen-bond donors (Lipinski definition) is 1. The summed E-state index contributed by atoms with van der Waals surface area (Å²) in [6, 6.07) is 12.1. The van der Waals surface area contributed by atoms with E-state index in [1.165, 1.54) is 12.1 Å². The zero-order chi connectivity index (χ0) is 14.9. The molecule has 1 N–H and O–H groups in total. The largest absolute Gasteiger partial charge is 0.353 e. The van der Waals surface area contributed by atoms with E-state index in [9.17, 15) is 4.39 Å². The van der Waals surface area contributed by atoms with Crippen molar-refractivity contribution in [2.24, 2.45) is 0 Å². The van der Waals surface area contributed by atoms with Crippen LogP contribution in [0.4, 0.5) is 4.39 Å².